The Hall–Kier alpha value is -0.800. The van der Waals surface area contributed by atoms with Gasteiger partial charge in [0, 0.05) is 18.9 Å². The quantitative estimate of drug-likeness (QED) is 0.893. The molecule has 1 aliphatic carbocycles. The van der Waals surface area contributed by atoms with Crippen LogP contribution in [0.25, 0.3) is 0 Å². The van der Waals surface area contributed by atoms with Gasteiger partial charge in [0.2, 0.25) is 0 Å². The van der Waals surface area contributed by atoms with E-state index in [0.717, 1.165) is 12.1 Å². The summed E-state index contributed by atoms with van der Waals surface area (Å²) in [7, 11) is 0. The molecule has 2 heterocycles. The molecule has 18 heavy (non-hydrogen) atoms. The lowest BCUT2D eigenvalue weighted by Crippen LogP contribution is -2.26. The van der Waals surface area contributed by atoms with E-state index in [9.17, 15) is 5.11 Å². The van der Waals surface area contributed by atoms with Gasteiger partial charge in [0.05, 0.1) is 17.8 Å². The first kappa shape index (κ1) is 12.2. The molecule has 2 unspecified atom stereocenters. The lowest BCUT2D eigenvalue weighted by atomic mass is 9.98. The third-order valence-corrected chi connectivity index (χ3v) is 4.52. The molecule has 2 atom stereocenters. The van der Waals surface area contributed by atoms with Crippen LogP contribution in [0, 0.1) is 0 Å². The minimum atomic E-state index is -0.378. The van der Waals surface area contributed by atoms with Gasteiger partial charge in [-0.1, -0.05) is 12.8 Å². The number of nitrogens with zero attached hydrogens (tertiary/aromatic N) is 1. The van der Waals surface area contributed by atoms with Crippen molar-refractivity contribution >= 4 is 0 Å². The van der Waals surface area contributed by atoms with Crippen molar-refractivity contribution in [3.8, 4) is 0 Å². The van der Waals surface area contributed by atoms with E-state index in [2.05, 4.69) is 4.57 Å². The molecule has 1 N–H and O–H groups in total. The molecular formula is C15H23NO2. The Morgan fingerprint density at radius 2 is 2.22 bits per heavy atom. The first-order chi connectivity index (χ1) is 8.67. The number of hydrogen-bond donors (Lipinski definition) is 1. The molecule has 3 rings (SSSR count). The molecule has 0 aromatic carbocycles. The van der Waals surface area contributed by atoms with Crippen LogP contribution in [0.5, 0.6) is 0 Å². The van der Waals surface area contributed by atoms with Gasteiger partial charge in [0.1, 0.15) is 0 Å². The van der Waals surface area contributed by atoms with Gasteiger partial charge in [-0.25, -0.2) is 0 Å². The number of hydrogen-bond acceptors (Lipinski definition) is 2. The summed E-state index contributed by atoms with van der Waals surface area (Å²) >= 11 is 0. The Kier molecular flexibility index (Phi) is 3.20. The Balaban J connectivity index is 1.60. The fraction of sp³-hybridized carbons (Fsp3) is 0.733. The van der Waals surface area contributed by atoms with Crippen LogP contribution in [0.3, 0.4) is 0 Å². The summed E-state index contributed by atoms with van der Waals surface area (Å²) in [5.74, 6) is 0. The van der Waals surface area contributed by atoms with Crippen LogP contribution in [0.1, 0.15) is 57.1 Å². The zero-order valence-electron chi connectivity index (χ0n) is 11.1. The molecule has 0 amide bonds. The minimum absolute atomic E-state index is 0.227. The molecular weight excluding hydrogens is 226 g/mol. The maximum Gasteiger partial charge on any atom is 0.0776 e. The van der Waals surface area contributed by atoms with Crippen LogP contribution in [-0.2, 0) is 11.3 Å². The first-order valence-corrected chi connectivity index (χ1v) is 7.18. The van der Waals surface area contributed by atoms with E-state index < -0.39 is 0 Å². The Morgan fingerprint density at radius 1 is 1.44 bits per heavy atom. The van der Waals surface area contributed by atoms with Gasteiger partial charge in [0.25, 0.3) is 0 Å². The molecule has 2 aliphatic rings. The summed E-state index contributed by atoms with van der Waals surface area (Å²) in [4.78, 5) is 0. The third kappa shape index (κ3) is 2.34. The highest BCUT2D eigenvalue weighted by Crippen LogP contribution is 2.43. The smallest absolute Gasteiger partial charge is 0.0776 e. The van der Waals surface area contributed by atoms with Crippen LogP contribution in [0.4, 0.5) is 0 Å². The first-order valence-electron chi connectivity index (χ1n) is 7.18. The van der Waals surface area contributed by atoms with Gasteiger partial charge >= 0.3 is 0 Å². The topological polar surface area (TPSA) is 34.4 Å². The van der Waals surface area contributed by atoms with E-state index in [4.69, 9.17) is 4.74 Å². The molecule has 1 aromatic rings. The number of aromatic nitrogens is 1. The third-order valence-electron chi connectivity index (χ3n) is 4.52. The van der Waals surface area contributed by atoms with Crippen LogP contribution in [0.15, 0.2) is 18.5 Å². The molecule has 1 spiro atoms. The van der Waals surface area contributed by atoms with Crippen molar-refractivity contribution < 1.29 is 9.84 Å². The number of aliphatic hydroxyl groups excluding tert-OH is 1. The normalized spacial score (nSPS) is 28.0. The fourth-order valence-corrected chi connectivity index (χ4v) is 3.47. The van der Waals surface area contributed by atoms with Crippen molar-refractivity contribution in [1.82, 2.24) is 4.57 Å². The lowest BCUT2D eigenvalue weighted by molar-refractivity contribution is -0.0418. The molecule has 3 nitrogen and oxygen atoms in total. The zero-order valence-corrected chi connectivity index (χ0v) is 11.1. The summed E-state index contributed by atoms with van der Waals surface area (Å²) in [6.07, 6.45) is 11.7. The average Bonchev–Trinajstić information content (AvgIpc) is 3.03. The Labute approximate surface area is 109 Å². The minimum Gasteiger partial charge on any atom is -0.389 e. The molecule has 3 heteroatoms. The highest BCUT2D eigenvalue weighted by molar-refractivity contribution is 5.12. The monoisotopic (exact) mass is 249 g/mol. The lowest BCUT2D eigenvalue weighted by Gasteiger charge is -2.24. The van der Waals surface area contributed by atoms with E-state index in [1.165, 1.54) is 38.5 Å². The second-order valence-corrected chi connectivity index (χ2v) is 5.99. The standard InChI is InChI=1S/C15H23NO2/c1-12(17)13-5-9-16(10-13)11-14-4-8-15(18-14)6-2-3-7-15/h5,9-10,12,14,17H,2-4,6-8,11H2,1H3. The Morgan fingerprint density at radius 3 is 2.89 bits per heavy atom. The van der Waals surface area contributed by atoms with Crippen molar-refractivity contribution in [3.63, 3.8) is 0 Å². The number of aliphatic hydroxyl groups is 1. The van der Waals surface area contributed by atoms with E-state index in [1.807, 2.05) is 18.5 Å². The number of ether oxygens (including phenoxy) is 1. The predicted octanol–water partition coefficient (Wildman–Crippen LogP) is 3.03. The van der Waals surface area contributed by atoms with E-state index >= 15 is 0 Å². The van der Waals surface area contributed by atoms with Gasteiger partial charge in [-0.05, 0) is 44.2 Å². The number of rotatable bonds is 3. The average molecular weight is 249 g/mol. The SMILES string of the molecule is CC(O)c1ccn(CC2CCC3(CCCC3)O2)c1. The van der Waals surface area contributed by atoms with Crippen molar-refractivity contribution in [2.75, 3.05) is 0 Å². The van der Waals surface area contributed by atoms with Gasteiger partial charge < -0.3 is 14.4 Å². The molecule has 1 aliphatic heterocycles. The largest absolute Gasteiger partial charge is 0.389 e. The summed E-state index contributed by atoms with van der Waals surface area (Å²) in [5, 5.41) is 9.52. The molecule has 1 saturated carbocycles. The van der Waals surface area contributed by atoms with Crippen LogP contribution >= 0.6 is 0 Å². The summed E-state index contributed by atoms with van der Waals surface area (Å²) in [5.41, 5.74) is 1.22. The van der Waals surface area contributed by atoms with E-state index in [0.29, 0.717) is 6.10 Å². The van der Waals surface area contributed by atoms with Gasteiger partial charge in [-0.15, -0.1) is 0 Å². The highest BCUT2D eigenvalue weighted by Gasteiger charge is 2.41. The summed E-state index contributed by atoms with van der Waals surface area (Å²) < 4.78 is 8.45. The van der Waals surface area contributed by atoms with Crippen LogP contribution in [-0.4, -0.2) is 21.4 Å². The Bertz CT molecular complexity index is 404. The predicted molar refractivity (Wildman–Crippen MR) is 70.4 cm³/mol. The zero-order chi connectivity index (χ0) is 12.6. The maximum absolute atomic E-state index is 9.52. The highest BCUT2D eigenvalue weighted by atomic mass is 16.5. The maximum atomic E-state index is 9.52. The summed E-state index contributed by atoms with van der Waals surface area (Å²) in [6.45, 7) is 2.73. The second kappa shape index (κ2) is 4.71. The molecule has 0 bridgehead atoms. The van der Waals surface area contributed by atoms with E-state index in [-0.39, 0.29) is 11.7 Å². The van der Waals surface area contributed by atoms with Crippen molar-refractivity contribution in [3.05, 3.63) is 24.0 Å². The van der Waals surface area contributed by atoms with Gasteiger partial charge in [-0.3, -0.25) is 0 Å². The van der Waals surface area contributed by atoms with Crippen molar-refractivity contribution in [1.29, 1.82) is 0 Å². The second-order valence-electron chi connectivity index (χ2n) is 5.99. The van der Waals surface area contributed by atoms with Crippen LogP contribution in [0.2, 0.25) is 0 Å². The molecule has 2 fully saturated rings. The van der Waals surface area contributed by atoms with Crippen molar-refractivity contribution in [2.45, 2.75) is 69.8 Å². The fourth-order valence-electron chi connectivity index (χ4n) is 3.47. The van der Waals surface area contributed by atoms with Crippen molar-refractivity contribution in [2.24, 2.45) is 0 Å². The van der Waals surface area contributed by atoms with Gasteiger partial charge in [-0.2, -0.15) is 0 Å². The van der Waals surface area contributed by atoms with Crippen LogP contribution < -0.4 is 0 Å². The molecule has 0 radical (unpaired) electrons. The molecule has 100 valence electrons. The summed E-state index contributed by atoms with van der Waals surface area (Å²) in [6, 6.07) is 1.99. The molecule has 1 saturated heterocycles. The van der Waals surface area contributed by atoms with Gasteiger partial charge in [0.15, 0.2) is 0 Å². The van der Waals surface area contributed by atoms with E-state index in [1.54, 1.807) is 6.92 Å². The molecule has 1 aromatic heterocycles.